The number of nitro groups is 1. The Hall–Kier alpha value is -1.69. The number of halogens is 1. The minimum Gasteiger partial charge on any atom is -0.487 e. The van der Waals surface area contributed by atoms with E-state index in [0.717, 1.165) is 6.07 Å². The van der Waals surface area contributed by atoms with E-state index >= 15 is 0 Å². The molecule has 0 amide bonds. The van der Waals surface area contributed by atoms with Gasteiger partial charge < -0.3 is 10.5 Å². The Morgan fingerprint density at radius 2 is 2.25 bits per heavy atom. The molecule has 0 bridgehead atoms. The van der Waals surface area contributed by atoms with Crippen molar-refractivity contribution in [3.8, 4) is 5.75 Å². The fraction of sp³-hybridized carbons (Fsp3) is 0.400. The SMILES string of the molecule is Cc1cc(OCCCN)c([N+](=O)[O-])cc1F. The average molecular weight is 228 g/mol. The predicted molar refractivity (Wildman–Crippen MR) is 57.0 cm³/mol. The van der Waals surface area contributed by atoms with Crippen LogP contribution in [0.5, 0.6) is 5.75 Å². The first kappa shape index (κ1) is 12.4. The minimum absolute atomic E-state index is 0.0809. The molecule has 0 radical (unpaired) electrons. The average Bonchev–Trinajstić information content (AvgIpc) is 2.23. The second-order valence-electron chi connectivity index (χ2n) is 3.32. The first-order chi connectivity index (χ1) is 7.56. The summed E-state index contributed by atoms with van der Waals surface area (Å²) in [6, 6.07) is 2.19. The van der Waals surface area contributed by atoms with Crippen LogP contribution >= 0.6 is 0 Å². The van der Waals surface area contributed by atoms with Crippen molar-refractivity contribution in [1.29, 1.82) is 0 Å². The summed E-state index contributed by atoms with van der Waals surface area (Å²) in [5.74, 6) is -0.532. The van der Waals surface area contributed by atoms with Crippen molar-refractivity contribution in [2.24, 2.45) is 5.73 Å². The van der Waals surface area contributed by atoms with Crippen molar-refractivity contribution in [2.75, 3.05) is 13.2 Å². The van der Waals surface area contributed by atoms with E-state index < -0.39 is 10.7 Å². The van der Waals surface area contributed by atoms with E-state index in [-0.39, 0.29) is 18.0 Å². The Kier molecular flexibility index (Phi) is 4.19. The van der Waals surface area contributed by atoms with Crippen LogP contribution in [0.15, 0.2) is 12.1 Å². The summed E-state index contributed by atoms with van der Waals surface area (Å²) in [7, 11) is 0. The van der Waals surface area contributed by atoms with Crippen molar-refractivity contribution < 1.29 is 14.1 Å². The molecule has 88 valence electrons. The molecule has 0 atom stereocenters. The van der Waals surface area contributed by atoms with Crippen LogP contribution in [0.3, 0.4) is 0 Å². The number of hydrogen-bond donors (Lipinski definition) is 1. The number of aryl methyl sites for hydroxylation is 1. The fourth-order valence-electron chi connectivity index (χ4n) is 1.17. The molecule has 0 aliphatic heterocycles. The lowest BCUT2D eigenvalue weighted by Gasteiger charge is -2.07. The van der Waals surface area contributed by atoms with Gasteiger partial charge in [-0.25, -0.2) is 4.39 Å². The Labute approximate surface area is 92.2 Å². The van der Waals surface area contributed by atoms with Crippen molar-refractivity contribution in [2.45, 2.75) is 13.3 Å². The highest BCUT2D eigenvalue weighted by molar-refractivity contribution is 5.48. The largest absolute Gasteiger partial charge is 0.487 e. The second-order valence-corrected chi connectivity index (χ2v) is 3.32. The first-order valence-corrected chi connectivity index (χ1v) is 4.83. The molecular formula is C10H13FN2O3. The third kappa shape index (κ3) is 2.90. The Bertz CT molecular complexity index is 396. The Balaban J connectivity index is 2.95. The van der Waals surface area contributed by atoms with Gasteiger partial charge in [-0.3, -0.25) is 10.1 Å². The molecule has 1 rings (SSSR count). The van der Waals surface area contributed by atoms with Gasteiger partial charge in [0.25, 0.3) is 0 Å². The second kappa shape index (κ2) is 5.41. The normalized spacial score (nSPS) is 10.2. The maximum atomic E-state index is 13.1. The molecule has 0 aromatic heterocycles. The van der Waals surface area contributed by atoms with E-state index in [9.17, 15) is 14.5 Å². The number of rotatable bonds is 5. The maximum Gasteiger partial charge on any atom is 0.313 e. The van der Waals surface area contributed by atoms with Gasteiger partial charge in [-0.2, -0.15) is 0 Å². The van der Waals surface area contributed by atoms with Crippen molar-refractivity contribution in [1.82, 2.24) is 0 Å². The molecule has 6 heteroatoms. The number of nitrogens with two attached hydrogens (primary N) is 1. The number of ether oxygens (including phenoxy) is 1. The van der Waals surface area contributed by atoms with Crippen LogP contribution < -0.4 is 10.5 Å². The van der Waals surface area contributed by atoms with E-state index in [4.69, 9.17) is 10.5 Å². The van der Waals surface area contributed by atoms with E-state index in [0.29, 0.717) is 18.5 Å². The molecule has 0 fully saturated rings. The molecule has 0 unspecified atom stereocenters. The van der Waals surface area contributed by atoms with Gasteiger partial charge >= 0.3 is 5.69 Å². The lowest BCUT2D eigenvalue weighted by atomic mass is 10.2. The quantitative estimate of drug-likeness (QED) is 0.473. The molecule has 16 heavy (non-hydrogen) atoms. The molecule has 0 saturated carbocycles. The zero-order valence-corrected chi connectivity index (χ0v) is 8.90. The standard InChI is InChI=1S/C10H13FN2O3/c1-7-5-10(16-4-2-3-12)9(13(14)15)6-8(7)11/h5-6H,2-4,12H2,1H3. The van der Waals surface area contributed by atoms with Gasteiger partial charge in [0, 0.05) is 0 Å². The highest BCUT2D eigenvalue weighted by Gasteiger charge is 2.18. The minimum atomic E-state index is -0.666. The summed E-state index contributed by atoms with van der Waals surface area (Å²) < 4.78 is 18.3. The molecule has 1 aromatic rings. The van der Waals surface area contributed by atoms with Gasteiger partial charge in [-0.05, 0) is 31.5 Å². The maximum absolute atomic E-state index is 13.1. The summed E-state index contributed by atoms with van der Waals surface area (Å²) in [6.07, 6.45) is 0.591. The zero-order chi connectivity index (χ0) is 12.1. The molecule has 0 saturated heterocycles. The smallest absolute Gasteiger partial charge is 0.313 e. The number of benzene rings is 1. The lowest BCUT2D eigenvalue weighted by Crippen LogP contribution is -2.07. The van der Waals surface area contributed by atoms with Gasteiger partial charge in [0.2, 0.25) is 0 Å². The summed E-state index contributed by atoms with van der Waals surface area (Å²) in [5.41, 5.74) is 5.22. The van der Waals surface area contributed by atoms with E-state index in [2.05, 4.69) is 0 Å². The molecule has 5 nitrogen and oxygen atoms in total. The molecule has 1 aromatic carbocycles. The third-order valence-electron chi connectivity index (χ3n) is 2.04. The van der Waals surface area contributed by atoms with Gasteiger partial charge in [-0.15, -0.1) is 0 Å². The van der Waals surface area contributed by atoms with Crippen molar-refractivity contribution in [3.63, 3.8) is 0 Å². The Morgan fingerprint density at radius 1 is 1.56 bits per heavy atom. The van der Waals surface area contributed by atoms with Crippen LogP contribution in [0.1, 0.15) is 12.0 Å². The van der Waals surface area contributed by atoms with Crippen LogP contribution in [0.4, 0.5) is 10.1 Å². The van der Waals surface area contributed by atoms with Crippen LogP contribution in [0.25, 0.3) is 0 Å². The van der Waals surface area contributed by atoms with Crippen LogP contribution in [0.2, 0.25) is 0 Å². The van der Waals surface area contributed by atoms with Crippen LogP contribution in [-0.4, -0.2) is 18.1 Å². The zero-order valence-electron chi connectivity index (χ0n) is 8.90. The fourth-order valence-corrected chi connectivity index (χ4v) is 1.17. The van der Waals surface area contributed by atoms with Crippen LogP contribution in [0, 0.1) is 22.9 Å². The molecule has 0 aliphatic carbocycles. The molecule has 0 aliphatic rings. The highest BCUT2D eigenvalue weighted by atomic mass is 19.1. The molecule has 0 spiro atoms. The predicted octanol–water partition coefficient (Wildman–Crippen LogP) is 1.77. The number of hydrogen-bond acceptors (Lipinski definition) is 4. The topological polar surface area (TPSA) is 78.4 Å². The number of nitro benzene ring substituents is 1. The van der Waals surface area contributed by atoms with E-state index in [1.807, 2.05) is 0 Å². The summed E-state index contributed by atoms with van der Waals surface area (Å²) in [4.78, 5) is 9.99. The first-order valence-electron chi connectivity index (χ1n) is 4.83. The Morgan fingerprint density at radius 3 is 2.81 bits per heavy atom. The van der Waals surface area contributed by atoms with Gasteiger partial charge in [-0.1, -0.05) is 0 Å². The number of nitrogens with zero attached hydrogens (tertiary/aromatic N) is 1. The van der Waals surface area contributed by atoms with Gasteiger partial charge in [0.1, 0.15) is 5.82 Å². The van der Waals surface area contributed by atoms with E-state index in [1.54, 1.807) is 0 Å². The monoisotopic (exact) mass is 228 g/mol. The molecule has 0 heterocycles. The lowest BCUT2D eigenvalue weighted by molar-refractivity contribution is -0.386. The highest BCUT2D eigenvalue weighted by Crippen LogP contribution is 2.29. The van der Waals surface area contributed by atoms with Crippen molar-refractivity contribution in [3.05, 3.63) is 33.6 Å². The summed E-state index contributed by atoms with van der Waals surface area (Å²) in [6.45, 7) is 2.24. The van der Waals surface area contributed by atoms with Crippen molar-refractivity contribution >= 4 is 5.69 Å². The molecule has 2 N–H and O–H groups in total. The summed E-state index contributed by atoms with van der Waals surface area (Å²) >= 11 is 0. The van der Waals surface area contributed by atoms with Crippen LogP contribution in [-0.2, 0) is 0 Å². The van der Waals surface area contributed by atoms with Gasteiger partial charge in [0.15, 0.2) is 5.75 Å². The van der Waals surface area contributed by atoms with Gasteiger partial charge in [0.05, 0.1) is 17.6 Å². The van der Waals surface area contributed by atoms with E-state index in [1.165, 1.54) is 13.0 Å². The molecular weight excluding hydrogens is 215 g/mol. The summed E-state index contributed by atoms with van der Waals surface area (Å²) in [5, 5.41) is 10.7. The third-order valence-corrected chi connectivity index (χ3v) is 2.04.